The average molecular weight is 466 g/mol. The number of carbonyl (C=O) groups is 1. The Kier molecular flexibility index (Phi) is 7.57. The van der Waals surface area contributed by atoms with Crippen LogP contribution in [0.4, 0.5) is 5.69 Å². The van der Waals surface area contributed by atoms with Gasteiger partial charge in [0.15, 0.2) is 0 Å². The maximum Gasteiger partial charge on any atom is 0.251 e. The van der Waals surface area contributed by atoms with Crippen LogP contribution in [0.15, 0.2) is 36.4 Å². The first-order chi connectivity index (χ1) is 15.9. The molecular weight excluding hydrogens is 434 g/mol. The van der Waals surface area contributed by atoms with E-state index in [1.807, 2.05) is 6.07 Å². The lowest BCUT2D eigenvalue weighted by Gasteiger charge is -2.29. The molecule has 0 spiro atoms. The highest BCUT2D eigenvalue weighted by Crippen LogP contribution is 2.31. The fourth-order valence-electron chi connectivity index (χ4n) is 4.84. The Balaban J connectivity index is 1.29. The van der Waals surface area contributed by atoms with Gasteiger partial charge in [-0.25, -0.2) is 4.85 Å². The number of nitrogens with one attached hydrogen (secondary N) is 1. The van der Waals surface area contributed by atoms with Gasteiger partial charge in [0.25, 0.3) is 5.91 Å². The van der Waals surface area contributed by atoms with Crippen molar-refractivity contribution in [2.24, 2.45) is 0 Å². The zero-order valence-corrected chi connectivity index (χ0v) is 20.2. The lowest BCUT2D eigenvalue weighted by Crippen LogP contribution is -2.39. The van der Waals surface area contributed by atoms with Gasteiger partial charge in [-0.05, 0) is 87.8 Å². The molecule has 5 nitrogen and oxygen atoms in total. The average Bonchev–Trinajstić information content (AvgIpc) is 3.03. The Bertz CT molecular complexity index is 1040. The number of amides is 1. The highest BCUT2D eigenvalue weighted by molar-refractivity contribution is 6.33. The van der Waals surface area contributed by atoms with Crippen molar-refractivity contribution in [3.63, 3.8) is 0 Å². The Morgan fingerprint density at radius 1 is 1.09 bits per heavy atom. The molecule has 0 bridgehead atoms. The summed E-state index contributed by atoms with van der Waals surface area (Å²) in [5.74, 6) is 0.717. The van der Waals surface area contributed by atoms with E-state index in [-0.39, 0.29) is 18.1 Å². The zero-order chi connectivity index (χ0) is 23.4. The summed E-state index contributed by atoms with van der Waals surface area (Å²) in [4.78, 5) is 18.8. The van der Waals surface area contributed by atoms with Gasteiger partial charge in [0, 0.05) is 30.7 Å². The maximum atomic E-state index is 12.9. The summed E-state index contributed by atoms with van der Waals surface area (Å²) < 4.78 is 6.07. The Morgan fingerprint density at radius 2 is 1.82 bits per heavy atom. The number of rotatable bonds is 5. The zero-order valence-electron chi connectivity index (χ0n) is 19.4. The second-order valence-electron chi connectivity index (χ2n) is 9.40. The second-order valence-corrected chi connectivity index (χ2v) is 9.81. The molecule has 2 aromatic carbocycles. The molecule has 1 amide bonds. The minimum Gasteiger partial charge on any atom is -0.490 e. The smallest absolute Gasteiger partial charge is 0.251 e. The summed E-state index contributed by atoms with van der Waals surface area (Å²) >= 11 is 6.12. The predicted molar refractivity (Wildman–Crippen MR) is 132 cm³/mol. The van der Waals surface area contributed by atoms with E-state index in [1.165, 1.54) is 11.1 Å². The molecule has 0 saturated heterocycles. The molecule has 33 heavy (non-hydrogen) atoms. The van der Waals surface area contributed by atoms with Gasteiger partial charge in [0.1, 0.15) is 5.75 Å². The topological polar surface area (TPSA) is 45.9 Å². The molecule has 1 fully saturated rings. The largest absolute Gasteiger partial charge is 0.490 e. The molecule has 1 aliphatic carbocycles. The fourth-order valence-corrected chi connectivity index (χ4v) is 5.05. The van der Waals surface area contributed by atoms with Crippen LogP contribution in [0, 0.1) is 6.57 Å². The van der Waals surface area contributed by atoms with Gasteiger partial charge < -0.3 is 15.0 Å². The van der Waals surface area contributed by atoms with Crippen LogP contribution in [0.5, 0.6) is 5.75 Å². The molecule has 1 N–H and O–H groups in total. The van der Waals surface area contributed by atoms with Crippen molar-refractivity contribution in [1.82, 2.24) is 10.2 Å². The second kappa shape index (κ2) is 10.6. The van der Waals surface area contributed by atoms with Crippen molar-refractivity contribution in [3.05, 3.63) is 69.5 Å². The van der Waals surface area contributed by atoms with Gasteiger partial charge in [-0.2, -0.15) is 0 Å². The number of hydrogen-bond donors (Lipinski definition) is 1. The molecule has 6 heteroatoms. The van der Waals surface area contributed by atoms with Crippen LogP contribution in [0.1, 0.15) is 61.0 Å². The maximum absolute atomic E-state index is 12.9. The summed E-state index contributed by atoms with van der Waals surface area (Å²) in [5.41, 5.74) is 3.88. The van der Waals surface area contributed by atoms with Crippen molar-refractivity contribution in [2.75, 3.05) is 13.1 Å². The molecule has 0 atom stereocenters. The normalized spacial score (nSPS) is 21.1. The number of fused-ring (bicyclic) bond motifs is 1. The predicted octanol–water partition coefficient (Wildman–Crippen LogP) is 5.82. The van der Waals surface area contributed by atoms with Gasteiger partial charge in [-0.3, -0.25) is 4.79 Å². The first-order valence-electron chi connectivity index (χ1n) is 11.9. The fraction of sp³-hybridized carbons (Fsp3) is 0.481. The molecular formula is C27H32ClN3O2. The summed E-state index contributed by atoms with van der Waals surface area (Å²) in [6.45, 7) is 13.7. The molecule has 174 valence electrons. The number of nitrogens with zero attached hydrogens (tertiary/aromatic N) is 2. The van der Waals surface area contributed by atoms with Crippen LogP contribution in [-0.4, -0.2) is 42.1 Å². The van der Waals surface area contributed by atoms with E-state index in [1.54, 1.807) is 18.2 Å². The van der Waals surface area contributed by atoms with Crippen molar-refractivity contribution < 1.29 is 9.53 Å². The molecule has 1 heterocycles. The molecule has 0 unspecified atom stereocenters. The standard InChI is InChI=1S/C27H32ClN3O2/c1-18(2)31-14-12-19-4-5-21(16-20(19)13-15-31)27(32)30-22-6-8-23(9-7-22)33-24-10-11-26(29-3)25(28)17-24/h4-5,10-11,16-18,22-23H,6-9,12-15H2,1-2H3,(H,30,32). The van der Waals surface area contributed by atoms with Crippen molar-refractivity contribution >= 4 is 23.2 Å². The Labute approximate surface area is 201 Å². The number of halogens is 1. The summed E-state index contributed by atoms with van der Waals surface area (Å²) in [5, 5.41) is 3.65. The molecule has 0 radical (unpaired) electrons. The van der Waals surface area contributed by atoms with Gasteiger partial charge in [-0.1, -0.05) is 23.7 Å². The van der Waals surface area contributed by atoms with Crippen LogP contribution < -0.4 is 10.1 Å². The first-order valence-corrected chi connectivity index (χ1v) is 12.3. The van der Waals surface area contributed by atoms with Crippen LogP contribution >= 0.6 is 11.6 Å². The highest BCUT2D eigenvalue weighted by atomic mass is 35.5. The van der Waals surface area contributed by atoms with E-state index >= 15 is 0 Å². The number of benzene rings is 2. The SMILES string of the molecule is [C-]#[N+]c1ccc(OC2CCC(NC(=O)c3ccc4c(c3)CCN(C(C)C)CC4)CC2)cc1Cl. The number of carbonyl (C=O) groups excluding carboxylic acids is 1. The van der Waals surface area contributed by atoms with E-state index in [0.717, 1.165) is 57.2 Å². The van der Waals surface area contributed by atoms with Gasteiger partial charge >= 0.3 is 0 Å². The quantitative estimate of drug-likeness (QED) is 0.566. The lowest BCUT2D eigenvalue weighted by atomic mass is 9.92. The minimum atomic E-state index is 0.0219. The first kappa shape index (κ1) is 23.6. The minimum absolute atomic E-state index is 0.0219. The van der Waals surface area contributed by atoms with Gasteiger partial charge in [-0.15, -0.1) is 0 Å². The van der Waals surface area contributed by atoms with Crippen molar-refractivity contribution in [1.29, 1.82) is 0 Å². The number of ether oxygens (including phenoxy) is 1. The molecule has 4 rings (SSSR count). The molecule has 0 aromatic heterocycles. The number of hydrogen-bond acceptors (Lipinski definition) is 3. The van der Waals surface area contributed by atoms with Crippen LogP contribution in [0.2, 0.25) is 5.02 Å². The van der Waals surface area contributed by atoms with Gasteiger partial charge in [0.2, 0.25) is 5.69 Å². The third-order valence-corrected chi connectivity index (χ3v) is 7.19. The third-order valence-electron chi connectivity index (χ3n) is 6.89. The lowest BCUT2D eigenvalue weighted by molar-refractivity contribution is 0.0894. The Morgan fingerprint density at radius 3 is 2.48 bits per heavy atom. The molecule has 1 saturated carbocycles. The Hall–Kier alpha value is -2.55. The van der Waals surface area contributed by atoms with Crippen LogP contribution in [0.25, 0.3) is 4.85 Å². The summed E-state index contributed by atoms with van der Waals surface area (Å²) in [7, 11) is 0. The highest BCUT2D eigenvalue weighted by Gasteiger charge is 2.25. The van der Waals surface area contributed by atoms with Crippen LogP contribution in [0.3, 0.4) is 0 Å². The van der Waals surface area contributed by atoms with E-state index in [0.29, 0.717) is 22.5 Å². The van der Waals surface area contributed by atoms with E-state index in [2.05, 4.69) is 41.0 Å². The molecule has 1 aliphatic heterocycles. The summed E-state index contributed by atoms with van der Waals surface area (Å²) in [6, 6.07) is 12.1. The monoisotopic (exact) mass is 465 g/mol. The van der Waals surface area contributed by atoms with Crippen LogP contribution in [-0.2, 0) is 12.8 Å². The third kappa shape index (κ3) is 5.88. The van der Waals surface area contributed by atoms with E-state index < -0.39 is 0 Å². The molecule has 2 aromatic rings. The van der Waals surface area contributed by atoms with Crippen molar-refractivity contribution in [3.8, 4) is 5.75 Å². The molecule has 2 aliphatic rings. The van der Waals surface area contributed by atoms with E-state index in [9.17, 15) is 4.79 Å². The van der Waals surface area contributed by atoms with Gasteiger partial charge in [0.05, 0.1) is 17.7 Å². The van der Waals surface area contributed by atoms with E-state index in [4.69, 9.17) is 22.9 Å². The summed E-state index contributed by atoms with van der Waals surface area (Å²) in [6.07, 6.45) is 5.68. The van der Waals surface area contributed by atoms with Crippen molar-refractivity contribution in [2.45, 2.75) is 70.6 Å².